The smallest absolute Gasteiger partial charge is 0.416 e. The van der Waals surface area contributed by atoms with Crippen LogP contribution in [-0.2, 0) is 19.0 Å². The molecular weight excluding hydrogens is 393 g/mol. The quantitative estimate of drug-likeness (QED) is 0.325. The van der Waals surface area contributed by atoms with Gasteiger partial charge in [-0.25, -0.2) is 0 Å². The molecule has 0 aliphatic heterocycles. The molecule has 0 saturated heterocycles. The second-order valence-electron chi connectivity index (χ2n) is 6.96. The van der Waals surface area contributed by atoms with E-state index in [0.717, 1.165) is 22.4 Å². The van der Waals surface area contributed by atoms with E-state index in [1.807, 2.05) is 0 Å². The Labute approximate surface area is 161 Å². The van der Waals surface area contributed by atoms with E-state index in [-0.39, 0.29) is 5.92 Å². The number of alkyl halides is 3. The van der Waals surface area contributed by atoms with Gasteiger partial charge in [-0.2, -0.15) is 17.9 Å². The van der Waals surface area contributed by atoms with Crippen LogP contribution in [0.15, 0.2) is 47.0 Å². The minimum atomic E-state index is -4.38. The second kappa shape index (κ2) is 5.85. The van der Waals surface area contributed by atoms with Crippen molar-refractivity contribution in [3.8, 4) is 0 Å². The summed E-state index contributed by atoms with van der Waals surface area (Å²) in [5, 5.41) is 18.9. The van der Waals surface area contributed by atoms with E-state index in [0.29, 0.717) is 51.1 Å². The second-order valence-corrected chi connectivity index (χ2v) is 7.40. The van der Waals surface area contributed by atoms with Gasteiger partial charge in [-0.15, -0.1) is 0 Å². The molecule has 0 spiro atoms. The lowest BCUT2D eigenvalue weighted by Crippen LogP contribution is -2.35. The molecule has 4 nitrogen and oxygen atoms in total. The Morgan fingerprint density at radius 1 is 1.11 bits per heavy atom. The highest BCUT2D eigenvalue weighted by Gasteiger charge is 2.34. The van der Waals surface area contributed by atoms with Crippen molar-refractivity contribution in [2.45, 2.75) is 24.9 Å². The third-order valence-corrected chi connectivity index (χ3v) is 5.54. The number of hydrogen-bond donors (Lipinski definition) is 0. The van der Waals surface area contributed by atoms with Gasteiger partial charge in [-0.1, -0.05) is 28.9 Å². The predicted molar refractivity (Wildman–Crippen MR) is 97.1 cm³/mol. The molecule has 0 fully saturated rings. The lowest BCUT2D eigenvalue weighted by molar-refractivity contribution is -0.584. The summed E-state index contributed by atoms with van der Waals surface area (Å²) in [6, 6.07) is 9.99. The molecule has 1 aliphatic carbocycles. The highest BCUT2D eigenvalue weighted by molar-refractivity contribution is 6.31. The number of hydrogen-bond acceptors (Lipinski definition) is 3. The lowest BCUT2D eigenvalue weighted by Gasteiger charge is -2.21. The van der Waals surface area contributed by atoms with Crippen LogP contribution in [0.5, 0.6) is 0 Å². The summed E-state index contributed by atoms with van der Waals surface area (Å²) < 4.78 is 44.8. The average Bonchev–Trinajstić information content (AvgIpc) is 3.09. The first-order valence-electron chi connectivity index (χ1n) is 8.62. The summed E-state index contributed by atoms with van der Waals surface area (Å²) >= 11 is 6.06. The minimum absolute atomic E-state index is 0.159. The van der Waals surface area contributed by atoms with E-state index >= 15 is 0 Å². The van der Waals surface area contributed by atoms with Crippen LogP contribution in [-0.4, -0.2) is 5.16 Å². The predicted octanol–water partition coefficient (Wildman–Crippen LogP) is 5.17. The van der Waals surface area contributed by atoms with Crippen LogP contribution in [0.2, 0.25) is 5.02 Å². The number of halogens is 4. The molecule has 0 saturated carbocycles. The maximum atomic E-state index is 13.0. The van der Waals surface area contributed by atoms with Crippen LogP contribution in [0.1, 0.15) is 28.4 Å². The summed E-state index contributed by atoms with van der Waals surface area (Å²) in [6.45, 7) is 0. The SMILES string of the molecule is [O-][n+]1c2c3c(noc3c3cc(Cl)ccc31)CC(c1ccc(C(F)(F)F)cc1)C2. The van der Waals surface area contributed by atoms with Gasteiger partial charge in [0.25, 0.3) is 0 Å². The molecule has 0 bridgehead atoms. The molecule has 0 amide bonds. The van der Waals surface area contributed by atoms with Gasteiger partial charge in [0.15, 0.2) is 5.58 Å². The normalized spacial score (nSPS) is 16.8. The number of pyridine rings is 1. The van der Waals surface area contributed by atoms with Gasteiger partial charge in [-0.3, -0.25) is 0 Å². The van der Waals surface area contributed by atoms with Crippen molar-refractivity contribution < 1.29 is 22.4 Å². The zero-order valence-corrected chi connectivity index (χ0v) is 15.0. The Morgan fingerprint density at radius 2 is 1.86 bits per heavy atom. The Bertz CT molecular complexity index is 1230. The third-order valence-electron chi connectivity index (χ3n) is 5.31. The van der Waals surface area contributed by atoms with Gasteiger partial charge < -0.3 is 9.73 Å². The monoisotopic (exact) mass is 404 g/mol. The molecule has 0 N–H and O–H groups in total. The molecule has 8 heteroatoms. The number of rotatable bonds is 1. The van der Waals surface area contributed by atoms with E-state index in [1.165, 1.54) is 12.1 Å². The van der Waals surface area contributed by atoms with Crippen molar-refractivity contribution in [1.29, 1.82) is 0 Å². The van der Waals surface area contributed by atoms with Gasteiger partial charge in [0.2, 0.25) is 11.2 Å². The molecule has 4 aromatic rings. The third kappa shape index (κ3) is 2.53. The summed E-state index contributed by atoms with van der Waals surface area (Å²) in [4.78, 5) is 0. The summed E-state index contributed by atoms with van der Waals surface area (Å²) in [5.74, 6) is -0.159. The van der Waals surface area contributed by atoms with Crippen molar-refractivity contribution in [3.05, 3.63) is 75.2 Å². The zero-order chi connectivity index (χ0) is 19.6. The fraction of sp³-hybridized carbons (Fsp3) is 0.200. The standard InChI is InChI=1S/C20H12ClF3N2O2/c21-13-5-6-16-14(9-13)19-18-15(25-28-19)7-11(8-17(18)26(16)27)10-1-3-12(4-2-10)20(22,23)24/h1-6,9,11H,7-8H2. The molecule has 5 rings (SSSR count). The Morgan fingerprint density at radius 3 is 2.57 bits per heavy atom. The van der Waals surface area contributed by atoms with Crippen LogP contribution in [0.25, 0.3) is 21.9 Å². The molecule has 2 aromatic carbocycles. The lowest BCUT2D eigenvalue weighted by atomic mass is 9.83. The maximum Gasteiger partial charge on any atom is 0.416 e. The van der Waals surface area contributed by atoms with Gasteiger partial charge in [-0.05, 0) is 35.7 Å². The fourth-order valence-corrected chi connectivity index (χ4v) is 4.13. The molecule has 1 aliphatic rings. The van der Waals surface area contributed by atoms with Crippen molar-refractivity contribution in [1.82, 2.24) is 5.16 Å². The maximum absolute atomic E-state index is 13.0. The molecule has 142 valence electrons. The molecule has 1 atom stereocenters. The number of fused-ring (bicyclic) bond motifs is 2. The fourth-order valence-electron chi connectivity index (χ4n) is 3.96. The van der Waals surface area contributed by atoms with E-state index in [2.05, 4.69) is 5.16 Å². The van der Waals surface area contributed by atoms with Gasteiger partial charge >= 0.3 is 6.18 Å². The van der Waals surface area contributed by atoms with Crippen LogP contribution in [0.4, 0.5) is 13.2 Å². The molecule has 0 radical (unpaired) electrons. The first kappa shape index (κ1) is 17.3. The Balaban J connectivity index is 1.62. The van der Waals surface area contributed by atoms with Crippen LogP contribution in [0, 0.1) is 5.21 Å². The zero-order valence-electron chi connectivity index (χ0n) is 14.3. The first-order chi connectivity index (χ1) is 13.3. The van der Waals surface area contributed by atoms with Crippen LogP contribution >= 0.6 is 11.6 Å². The first-order valence-corrected chi connectivity index (χ1v) is 9.00. The molecule has 2 heterocycles. The molecule has 28 heavy (non-hydrogen) atoms. The number of nitrogens with zero attached hydrogens (tertiary/aromatic N) is 2. The van der Waals surface area contributed by atoms with Crippen molar-refractivity contribution >= 4 is 33.5 Å². The average molecular weight is 405 g/mol. The van der Waals surface area contributed by atoms with E-state index < -0.39 is 11.7 Å². The highest BCUT2D eigenvalue weighted by atomic mass is 35.5. The van der Waals surface area contributed by atoms with Crippen molar-refractivity contribution in [3.63, 3.8) is 0 Å². The summed E-state index contributed by atoms with van der Waals surface area (Å²) in [6.07, 6.45) is -3.51. The Kier molecular flexibility index (Phi) is 3.61. The Hall–Kier alpha value is -2.80. The van der Waals surface area contributed by atoms with Crippen molar-refractivity contribution in [2.75, 3.05) is 0 Å². The minimum Gasteiger partial charge on any atom is -0.618 e. The van der Waals surface area contributed by atoms with Crippen LogP contribution in [0.3, 0.4) is 0 Å². The number of aromatic nitrogens is 2. The van der Waals surface area contributed by atoms with Gasteiger partial charge in [0, 0.05) is 23.9 Å². The summed E-state index contributed by atoms with van der Waals surface area (Å²) in [7, 11) is 0. The summed E-state index contributed by atoms with van der Waals surface area (Å²) in [5.41, 5.74) is 2.11. The van der Waals surface area contributed by atoms with E-state index in [4.69, 9.17) is 16.1 Å². The number of benzene rings is 2. The molecule has 1 unspecified atom stereocenters. The van der Waals surface area contributed by atoms with Gasteiger partial charge in [0.1, 0.15) is 5.39 Å². The van der Waals surface area contributed by atoms with Crippen LogP contribution < -0.4 is 4.73 Å². The largest absolute Gasteiger partial charge is 0.618 e. The van der Waals surface area contributed by atoms with E-state index in [1.54, 1.807) is 18.2 Å². The topological polar surface area (TPSA) is 53.0 Å². The molecule has 2 aromatic heterocycles. The van der Waals surface area contributed by atoms with E-state index in [9.17, 15) is 18.4 Å². The van der Waals surface area contributed by atoms with Crippen molar-refractivity contribution in [2.24, 2.45) is 0 Å². The van der Waals surface area contributed by atoms with Gasteiger partial charge in [0.05, 0.1) is 16.6 Å². The molecular formula is C20H12ClF3N2O2. The highest BCUT2D eigenvalue weighted by Crippen LogP contribution is 2.39.